The number of benzene rings is 5. The largest absolute Gasteiger partial charge is 0.455 e. The van der Waals surface area contributed by atoms with E-state index in [9.17, 15) is 0 Å². The van der Waals surface area contributed by atoms with Crippen molar-refractivity contribution in [3.63, 3.8) is 0 Å². The molecule has 2 aliphatic rings. The number of para-hydroxylation sites is 1. The van der Waals surface area contributed by atoms with Crippen molar-refractivity contribution in [2.24, 2.45) is 10.9 Å². The molecule has 3 atom stereocenters. The van der Waals surface area contributed by atoms with Crippen LogP contribution in [0.2, 0.25) is 0 Å². The number of hydrogen-bond donors (Lipinski definition) is 1. The van der Waals surface area contributed by atoms with Gasteiger partial charge in [-0.2, -0.15) is 0 Å². The molecule has 0 amide bonds. The van der Waals surface area contributed by atoms with E-state index in [1.54, 1.807) is 0 Å². The lowest BCUT2D eigenvalue weighted by atomic mass is 9.79. The van der Waals surface area contributed by atoms with E-state index in [2.05, 4.69) is 153 Å². The second kappa shape index (κ2) is 10.5. The van der Waals surface area contributed by atoms with Crippen LogP contribution in [0, 0.1) is 5.92 Å². The van der Waals surface area contributed by atoms with Crippen molar-refractivity contribution in [2.45, 2.75) is 31.8 Å². The summed E-state index contributed by atoms with van der Waals surface area (Å²) in [7, 11) is 0. The lowest BCUT2D eigenvalue weighted by Gasteiger charge is -2.43. The molecule has 2 unspecified atom stereocenters. The summed E-state index contributed by atoms with van der Waals surface area (Å²) in [5.41, 5.74) is 10.7. The van der Waals surface area contributed by atoms with E-state index in [0.717, 1.165) is 45.2 Å². The highest BCUT2D eigenvalue weighted by Gasteiger charge is 2.41. The molecular weight excluding hydrogens is 536 g/mol. The second-order valence-corrected chi connectivity index (χ2v) is 12.1. The molecule has 3 nitrogen and oxygen atoms in total. The average Bonchev–Trinajstić information content (AvgIpc) is 3.47. The third kappa shape index (κ3) is 4.39. The molecule has 6 aromatic rings. The zero-order chi connectivity index (χ0) is 29.7. The molecule has 1 N–H and O–H groups in total. The molecule has 0 spiro atoms. The predicted molar refractivity (Wildman–Crippen MR) is 183 cm³/mol. The van der Waals surface area contributed by atoms with Gasteiger partial charge in [0.25, 0.3) is 0 Å². The molecule has 8 rings (SSSR count). The first-order valence-electron chi connectivity index (χ1n) is 15.5. The molecule has 3 heteroatoms. The summed E-state index contributed by atoms with van der Waals surface area (Å²) in [6.07, 6.45) is 7.58. The lowest BCUT2D eigenvalue weighted by molar-refractivity contribution is 0.321. The van der Waals surface area contributed by atoms with E-state index >= 15 is 0 Å². The lowest BCUT2D eigenvalue weighted by Crippen LogP contribution is -2.51. The fourth-order valence-electron chi connectivity index (χ4n) is 6.97. The number of allylic oxidation sites excluding steroid dienone is 4. The smallest absolute Gasteiger partial charge is 0.143 e. The molecule has 214 valence electrons. The van der Waals surface area contributed by atoms with E-state index in [0.29, 0.717) is 0 Å². The highest BCUT2D eigenvalue weighted by molar-refractivity contribution is 6.10. The number of fused-ring (bicyclic) bond motifs is 4. The van der Waals surface area contributed by atoms with Crippen molar-refractivity contribution in [2.75, 3.05) is 0 Å². The van der Waals surface area contributed by atoms with Crippen LogP contribution in [0.1, 0.15) is 37.3 Å². The van der Waals surface area contributed by atoms with Crippen LogP contribution in [0.25, 0.3) is 44.2 Å². The highest BCUT2D eigenvalue weighted by Crippen LogP contribution is 2.45. The van der Waals surface area contributed by atoms with Gasteiger partial charge in [0.2, 0.25) is 0 Å². The van der Waals surface area contributed by atoms with Crippen molar-refractivity contribution < 1.29 is 4.42 Å². The summed E-state index contributed by atoms with van der Waals surface area (Å²) in [6, 6.07) is 42.9. The number of rotatable bonds is 5. The van der Waals surface area contributed by atoms with Gasteiger partial charge >= 0.3 is 0 Å². The maximum absolute atomic E-state index is 6.60. The third-order valence-corrected chi connectivity index (χ3v) is 9.48. The van der Waals surface area contributed by atoms with E-state index in [-0.39, 0.29) is 11.8 Å². The first-order chi connectivity index (χ1) is 21.6. The zero-order valence-electron chi connectivity index (χ0n) is 25.0. The molecule has 0 bridgehead atoms. The minimum atomic E-state index is -0.579. The van der Waals surface area contributed by atoms with Crippen molar-refractivity contribution >= 4 is 27.7 Å². The molecule has 0 radical (unpaired) electrons. The molecule has 1 aliphatic heterocycles. The van der Waals surface area contributed by atoms with E-state index in [1.807, 2.05) is 6.07 Å². The Kier molecular flexibility index (Phi) is 6.34. The van der Waals surface area contributed by atoms with Crippen molar-refractivity contribution in [3.05, 3.63) is 156 Å². The Bertz CT molecular complexity index is 2080. The second-order valence-electron chi connectivity index (χ2n) is 12.1. The van der Waals surface area contributed by atoms with Crippen molar-refractivity contribution in [1.82, 2.24) is 5.32 Å². The molecule has 1 aromatic heterocycles. The van der Waals surface area contributed by atoms with Crippen LogP contribution in [0.4, 0.5) is 0 Å². The Morgan fingerprint density at radius 3 is 2.16 bits per heavy atom. The SMILES string of the molecule is C[C@@H](c1ccc2c(oc3ccccc32)c1-c1ccccc1)C1(C)N=C(c2ccc(-c3ccccc3)cc2)C2CC=CC=C2N1. The predicted octanol–water partition coefficient (Wildman–Crippen LogP) is 10.3. The number of nitrogens with zero attached hydrogens (tertiary/aromatic N) is 1. The molecule has 44 heavy (non-hydrogen) atoms. The Morgan fingerprint density at radius 2 is 1.39 bits per heavy atom. The van der Waals surface area contributed by atoms with E-state index in [1.165, 1.54) is 28.0 Å². The average molecular weight is 571 g/mol. The minimum absolute atomic E-state index is 0.0293. The van der Waals surface area contributed by atoms with Crippen molar-refractivity contribution in [1.29, 1.82) is 0 Å². The third-order valence-electron chi connectivity index (χ3n) is 9.48. The molecule has 5 aromatic carbocycles. The summed E-state index contributed by atoms with van der Waals surface area (Å²) in [6.45, 7) is 4.53. The van der Waals surface area contributed by atoms with Crippen LogP contribution >= 0.6 is 0 Å². The summed E-state index contributed by atoms with van der Waals surface area (Å²) >= 11 is 0. The van der Waals surface area contributed by atoms with Gasteiger partial charge in [0.15, 0.2) is 0 Å². The normalized spacial score (nSPS) is 20.1. The standard InChI is InChI=1S/C41H34N2O/c1-27(32-25-26-34-33-17-10-12-20-37(33)44-40(34)38(32)30-15-7-4-8-16-30)41(2)42-36-19-11-9-18-35(36)39(43-41)31-23-21-29(22-24-31)28-13-5-3-6-14-28/h3-17,19-27,35,42H,18H2,1-2H3/t27-,35?,41?/m0/s1. The quantitative estimate of drug-likeness (QED) is 0.224. The summed E-state index contributed by atoms with van der Waals surface area (Å²) in [5.74, 6) is 0.232. The zero-order valence-corrected chi connectivity index (χ0v) is 25.0. The first kappa shape index (κ1) is 26.5. The Labute approximate surface area is 258 Å². The van der Waals surface area contributed by atoms with Crippen LogP contribution in [-0.4, -0.2) is 11.4 Å². The van der Waals surface area contributed by atoms with Crippen LogP contribution in [0.15, 0.2) is 155 Å². The van der Waals surface area contributed by atoms with Crippen LogP contribution in [0.5, 0.6) is 0 Å². The van der Waals surface area contributed by atoms with Gasteiger partial charge in [0.1, 0.15) is 16.8 Å². The maximum Gasteiger partial charge on any atom is 0.143 e. The van der Waals surface area contributed by atoms with Gasteiger partial charge in [-0.3, -0.25) is 4.99 Å². The summed E-state index contributed by atoms with van der Waals surface area (Å²) in [5, 5.41) is 6.19. The van der Waals surface area contributed by atoms with Crippen LogP contribution < -0.4 is 5.32 Å². The molecule has 1 aliphatic carbocycles. The maximum atomic E-state index is 6.60. The van der Waals surface area contributed by atoms with E-state index < -0.39 is 5.66 Å². The first-order valence-corrected chi connectivity index (χ1v) is 15.5. The van der Waals surface area contributed by atoms with Gasteiger partial charge in [0.05, 0.1) is 5.71 Å². The topological polar surface area (TPSA) is 37.5 Å². The number of aliphatic imine (C=N–C) groups is 1. The highest BCUT2D eigenvalue weighted by atomic mass is 16.3. The Hall–Kier alpha value is -5.15. The minimum Gasteiger partial charge on any atom is -0.455 e. The van der Waals surface area contributed by atoms with Gasteiger partial charge < -0.3 is 9.73 Å². The van der Waals surface area contributed by atoms with Gasteiger partial charge in [-0.25, -0.2) is 0 Å². The number of furan rings is 1. The van der Waals surface area contributed by atoms with Gasteiger partial charge in [-0.05, 0) is 53.3 Å². The molecule has 0 saturated heterocycles. The molecule has 2 heterocycles. The summed E-state index contributed by atoms with van der Waals surface area (Å²) < 4.78 is 6.60. The fourth-order valence-corrected chi connectivity index (χ4v) is 6.97. The molecular formula is C41H34N2O. The monoisotopic (exact) mass is 570 g/mol. The van der Waals surface area contributed by atoms with Crippen LogP contribution in [0.3, 0.4) is 0 Å². The van der Waals surface area contributed by atoms with Gasteiger partial charge in [-0.1, -0.05) is 134 Å². The Morgan fingerprint density at radius 1 is 0.727 bits per heavy atom. The van der Waals surface area contributed by atoms with Crippen LogP contribution in [-0.2, 0) is 0 Å². The fraction of sp³-hybridized carbons (Fsp3) is 0.146. The van der Waals surface area contributed by atoms with E-state index in [4.69, 9.17) is 9.41 Å². The molecule has 0 fully saturated rings. The number of nitrogens with one attached hydrogen (secondary N) is 1. The summed E-state index contributed by atoms with van der Waals surface area (Å²) in [4.78, 5) is 5.60. The number of hydrogen-bond acceptors (Lipinski definition) is 3. The van der Waals surface area contributed by atoms with Gasteiger partial charge in [0, 0.05) is 33.9 Å². The Balaban J connectivity index is 1.27. The van der Waals surface area contributed by atoms with Crippen molar-refractivity contribution in [3.8, 4) is 22.3 Å². The van der Waals surface area contributed by atoms with Gasteiger partial charge in [-0.15, -0.1) is 0 Å². The molecule has 0 saturated carbocycles.